The van der Waals surface area contributed by atoms with Crippen molar-refractivity contribution >= 4 is 27.6 Å². The lowest BCUT2D eigenvalue weighted by molar-refractivity contribution is 0.0602. The number of ether oxygens (including phenoxy) is 1. The lowest BCUT2D eigenvalue weighted by atomic mass is 10.0. The van der Waals surface area contributed by atoms with Crippen LogP contribution in [0.3, 0.4) is 0 Å². The topological polar surface area (TPSA) is 52.3 Å². The molecular formula is C10H12BrNO2. The zero-order valence-electron chi connectivity index (χ0n) is 8.35. The van der Waals surface area contributed by atoms with E-state index in [0.717, 1.165) is 15.6 Å². The minimum absolute atomic E-state index is 0.405. The molecule has 0 saturated heterocycles. The van der Waals surface area contributed by atoms with Crippen molar-refractivity contribution in [1.29, 1.82) is 0 Å². The number of carbonyl (C=O) groups is 1. The highest BCUT2D eigenvalue weighted by atomic mass is 79.9. The molecule has 0 amide bonds. The van der Waals surface area contributed by atoms with Crippen molar-refractivity contribution in [3.05, 3.63) is 27.2 Å². The number of nitrogen functional groups attached to an aromatic ring is 1. The molecule has 1 rings (SSSR count). The number of hydrogen-bond donors (Lipinski definition) is 1. The predicted octanol–water partition coefficient (Wildman–Crippen LogP) is 2.43. The van der Waals surface area contributed by atoms with Crippen molar-refractivity contribution < 1.29 is 9.53 Å². The summed E-state index contributed by atoms with van der Waals surface area (Å²) >= 11 is 3.37. The molecule has 0 spiro atoms. The maximum absolute atomic E-state index is 11.3. The Bertz CT molecular complexity index is 388. The van der Waals surface area contributed by atoms with Crippen molar-refractivity contribution in [2.24, 2.45) is 0 Å². The quantitative estimate of drug-likeness (QED) is 0.621. The number of esters is 1. The van der Waals surface area contributed by atoms with E-state index in [0.29, 0.717) is 11.3 Å². The number of methoxy groups -OCH3 is 1. The second kappa shape index (κ2) is 4.00. The Hall–Kier alpha value is -1.03. The summed E-state index contributed by atoms with van der Waals surface area (Å²) in [6.07, 6.45) is 0. The average molecular weight is 258 g/mol. The molecule has 0 aliphatic heterocycles. The van der Waals surface area contributed by atoms with Crippen LogP contribution in [0.5, 0.6) is 0 Å². The summed E-state index contributed by atoms with van der Waals surface area (Å²) in [6, 6.07) is 1.68. The Labute approximate surface area is 91.4 Å². The van der Waals surface area contributed by atoms with Gasteiger partial charge in [-0.3, -0.25) is 0 Å². The minimum atomic E-state index is -0.411. The van der Waals surface area contributed by atoms with Crippen LogP contribution >= 0.6 is 15.9 Å². The number of benzene rings is 1. The molecule has 0 saturated carbocycles. The van der Waals surface area contributed by atoms with Gasteiger partial charge in [0, 0.05) is 10.2 Å². The van der Waals surface area contributed by atoms with Crippen LogP contribution in [0.1, 0.15) is 21.5 Å². The number of anilines is 1. The fourth-order valence-electron chi connectivity index (χ4n) is 1.17. The fourth-order valence-corrected chi connectivity index (χ4v) is 1.70. The van der Waals surface area contributed by atoms with Gasteiger partial charge in [0.15, 0.2) is 0 Å². The lowest BCUT2D eigenvalue weighted by Crippen LogP contribution is -2.08. The molecule has 76 valence electrons. The first kappa shape index (κ1) is 11.0. The van der Waals surface area contributed by atoms with Crippen LogP contribution in [0.4, 0.5) is 5.69 Å². The molecule has 2 N–H and O–H groups in total. The van der Waals surface area contributed by atoms with Gasteiger partial charge in [-0.2, -0.15) is 0 Å². The Morgan fingerprint density at radius 2 is 2.00 bits per heavy atom. The van der Waals surface area contributed by atoms with E-state index in [-0.39, 0.29) is 0 Å². The largest absolute Gasteiger partial charge is 0.465 e. The average Bonchev–Trinajstić information content (AvgIpc) is 2.19. The van der Waals surface area contributed by atoms with E-state index >= 15 is 0 Å². The number of nitrogens with two attached hydrogens (primary N) is 1. The smallest absolute Gasteiger partial charge is 0.340 e. The number of halogens is 1. The van der Waals surface area contributed by atoms with Gasteiger partial charge in [0.1, 0.15) is 0 Å². The van der Waals surface area contributed by atoms with Gasteiger partial charge >= 0.3 is 5.97 Å². The molecule has 0 bridgehead atoms. The van der Waals surface area contributed by atoms with Gasteiger partial charge in [-0.1, -0.05) is 15.9 Å². The molecule has 0 atom stereocenters. The van der Waals surface area contributed by atoms with Crippen LogP contribution in [0.2, 0.25) is 0 Å². The van der Waals surface area contributed by atoms with E-state index in [1.54, 1.807) is 6.07 Å². The van der Waals surface area contributed by atoms with E-state index in [2.05, 4.69) is 20.7 Å². The van der Waals surface area contributed by atoms with Crippen molar-refractivity contribution in [3.63, 3.8) is 0 Å². The van der Waals surface area contributed by atoms with Gasteiger partial charge in [-0.15, -0.1) is 0 Å². The van der Waals surface area contributed by atoms with Crippen molar-refractivity contribution in [3.8, 4) is 0 Å². The Balaban J connectivity index is 3.40. The molecule has 0 fully saturated rings. The van der Waals surface area contributed by atoms with Gasteiger partial charge in [-0.05, 0) is 31.0 Å². The second-order valence-corrected chi connectivity index (χ2v) is 3.92. The van der Waals surface area contributed by atoms with Gasteiger partial charge in [0.05, 0.1) is 12.7 Å². The summed E-state index contributed by atoms with van der Waals surface area (Å²) in [5, 5.41) is 0. The Kier molecular flexibility index (Phi) is 3.16. The van der Waals surface area contributed by atoms with Crippen LogP contribution in [0.25, 0.3) is 0 Å². The monoisotopic (exact) mass is 257 g/mol. The zero-order chi connectivity index (χ0) is 10.9. The number of carbonyl (C=O) groups excluding carboxylic acids is 1. The minimum Gasteiger partial charge on any atom is -0.465 e. The Morgan fingerprint density at radius 3 is 2.50 bits per heavy atom. The summed E-state index contributed by atoms with van der Waals surface area (Å²) in [6.45, 7) is 3.82. The molecule has 14 heavy (non-hydrogen) atoms. The van der Waals surface area contributed by atoms with Gasteiger partial charge in [0.25, 0.3) is 0 Å². The number of rotatable bonds is 1. The van der Waals surface area contributed by atoms with Gasteiger partial charge < -0.3 is 10.5 Å². The summed E-state index contributed by atoms with van der Waals surface area (Å²) in [5.41, 5.74) is 8.64. The maximum Gasteiger partial charge on any atom is 0.340 e. The molecule has 4 heteroatoms. The molecule has 1 aromatic carbocycles. The summed E-state index contributed by atoms with van der Waals surface area (Å²) < 4.78 is 5.49. The summed E-state index contributed by atoms with van der Waals surface area (Å²) in [7, 11) is 1.34. The highest BCUT2D eigenvalue weighted by Crippen LogP contribution is 2.28. The third kappa shape index (κ3) is 1.75. The Morgan fingerprint density at radius 1 is 1.43 bits per heavy atom. The lowest BCUT2D eigenvalue weighted by Gasteiger charge is -2.11. The fraction of sp³-hybridized carbons (Fsp3) is 0.300. The third-order valence-electron chi connectivity index (χ3n) is 2.29. The maximum atomic E-state index is 11.3. The summed E-state index contributed by atoms with van der Waals surface area (Å²) in [4.78, 5) is 11.3. The van der Waals surface area contributed by atoms with E-state index in [9.17, 15) is 4.79 Å². The molecule has 1 aromatic rings. The van der Waals surface area contributed by atoms with Crippen LogP contribution in [0.15, 0.2) is 10.5 Å². The molecule has 0 aliphatic carbocycles. The SMILES string of the molecule is COC(=O)c1cc(Br)c(C)c(C)c1N. The van der Waals surface area contributed by atoms with Crippen LogP contribution < -0.4 is 5.73 Å². The molecule has 3 nitrogen and oxygen atoms in total. The normalized spacial score (nSPS) is 10.0. The van der Waals surface area contributed by atoms with Crippen LogP contribution in [-0.2, 0) is 4.74 Å². The van der Waals surface area contributed by atoms with Crippen molar-refractivity contribution in [2.45, 2.75) is 13.8 Å². The standard InChI is InChI=1S/C10H12BrNO2/c1-5-6(2)9(12)7(4-8(5)11)10(13)14-3/h4H,12H2,1-3H3. The van der Waals surface area contributed by atoms with Crippen LogP contribution in [0, 0.1) is 13.8 Å². The van der Waals surface area contributed by atoms with E-state index in [4.69, 9.17) is 5.73 Å². The zero-order valence-corrected chi connectivity index (χ0v) is 9.94. The van der Waals surface area contributed by atoms with E-state index in [1.165, 1.54) is 7.11 Å². The molecule has 0 heterocycles. The first-order valence-electron chi connectivity index (χ1n) is 4.12. The first-order chi connectivity index (χ1) is 6.49. The third-order valence-corrected chi connectivity index (χ3v) is 3.11. The van der Waals surface area contributed by atoms with Gasteiger partial charge in [0.2, 0.25) is 0 Å². The van der Waals surface area contributed by atoms with Crippen molar-refractivity contribution in [1.82, 2.24) is 0 Å². The van der Waals surface area contributed by atoms with E-state index < -0.39 is 5.97 Å². The second-order valence-electron chi connectivity index (χ2n) is 3.06. The summed E-state index contributed by atoms with van der Waals surface area (Å²) in [5.74, 6) is -0.411. The first-order valence-corrected chi connectivity index (χ1v) is 4.91. The highest BCUT2D eigenvalue weighted by Gasteiger charge is 2.14. The van der Waals surface area contributed by atoms with E-state index in [1.807, 2.05) is 13.8 Å². The molecule has 0 unspecified atom stereocenters. The molecule has 0 aromatic heterocycles. The number of hydrogen-bond acceptors (Lipinski definition) is 3. The molecule has 0 aliphatic rings. The predicted molar refractivity (Wildman–Crippen MR) is 59.4 cm³/mol. The molecular weight excluding hydrogens is 246 g/mol. The van der Waals surface area contributed by atoms with Crippen molar-refractivity contribution in [2.75, 3.05) is 12.8 Å². The van der Waals surface area contributed by atoms with Gasteiger partial charge in [-0.25, -0.2) is 4.79 Å². The highest BCUT2D eigenvalue weighted by molar-refractivity contribution is 9.10. The molecule has 0 radical (unpaired) electrons. The van der Waals surface area contributed by atoms with Crippen LogP contribution in [-0.4, -0.2) is 13.1 Å².